The van der Waals surface area contributed by atoms with Crippen LogP contribution in [0.25, 0.3) is 11.0 Å². The van der Waals surface area contributed by atoms with Crippen molar-refractivity contribution >= 4 is 29.2 Å². The van der Waals surface area contributed by atoms with E-state index in [2.05, 4.69) is 5.16 Å². The number of furan rings is 1. The normalized spacial score (nSPS) is 12.2. The molecular weight excluding hydrogens is 256 g/mol. The quantitative estimate of drug-likeness (QED) is 0.389. The fraction of sp³-hybridized carbons (Fsp3) is 0.250. The Labute approximate surface area is 111 Å². The highest BCUT2D eigenvalue weighted by Crippen LogP contribution is 2.29. The number of amidine groups is 1. The fourth-order valence-electron chi connectivity index (χ4n) is 1.49. The van der Waals surface area contributed by atoms with Gasteiger partial charge in [-0.1, -0.05) is 17.3 Å². The average molecular weight is 271 g/mol. The summed E-state index contributed by atoms with van der Waals surface area (Å²) in [6.45, 7) is 3.42. The molecule has 1 aromatic heterocycles. The smallest absolute Gasteiger partial charge is 0.182 e. The van der Waals surface area contributed by atoms with Crippen LogP contribution in [-0.2, 0) is 0 Å². The number of rotatable bonds is 3. The highest BCUT2D eigenvalue weighted by atomic mass is 35.5. The van der Waals surface area contributed by atoms with Gasteiger partial charge in [-0.05, 0) is 26.0 Å². The first kappa shape index (κ1) is 14.2. The third kappa shape index (κ3) is 2.51. The summed E-state index contributed by atoms with van der Waals surface area (Å²) in [5.41, 5.74) is 5.30. The molecule has 0 amide bonds. The van der Waals surface area contributed by atoms with E-state index in [-0.39, 0.29) is 18.2 Å². The Morgan fingerprint density at radius 1 is 1.39 bits per heavy atom. The van der Waals surface area contributed by atoms with E-state index in [0.29, 0.717) is 11.3 Å². The Kier molecular flexibility index (Phi) is 4.08. The van der Waals surface area contributed by atoms with Crippen molar-refractivity contribution in [3.05, 3.63) is 30.5 Å². The van der Waals surface area contributed by atoms with Gasteiger partial charge < -0.3 is 20.1 Å². The first-order chi connectivity index (χ1) is 8.04. The maximum atomic E-state index is 8.68. The third-order valence-corrected chi connectivity index (χ3v) is 2.53. The van der Waals surface area contributed by atoms with Gasteiger partial charge in [-0.25, -0.2) is 0 Å². The molecule has 0 saturated heterocycles. The van der Waals surface area contributed by atoms with Crippen molar-refractivity contribution in [2.75, 3.05) is 0 Å². The molecule has 0 radical (unpaired) electrons. The van der Waals surface area contributed by atoms with E-state index in [4.69, 9.17) is 20.1 Å². The molecule has 98 valence electrons. The SMILES string of the molecule is CC(C)(Oc1cccc2ccoc12)C(N)=NO.Cl. The van der Waals surface area contributed by atoms with Gasteiger partial charge in [0.15, 0.2) is 22.8 Å². The average Bonchev–Trinajstić information content (AvgIpc) is 2.76. The molecule has 0 aliphatic carbocycles. The molecule has 3 N–H and O–H groups in total. The zero-order chi connectivity index (χ0) is 12.5. The van der Waals surface area contributed by atoms with E-state index in [1.165, 1.54) is 0 Å². The van der Waals surface area contributed by atoms with E-state index >= 15 is 0 Å². The van der Waals surface area contributed by atoms with Gasteiger partial charge in [0, 0.05) is 5.39 Å². The van der Waals surface area contributed by atoms with Crippen LogP contribution in [0.15, 0.2) is 40.1 Å². The summed E-state index contributed by atoms with van der Waals surface area (Å²) in [7, 11) is 0. The number of ether oxygens (including phenoxy) is 1. The zero-order valence-electron chi connectivity index (χ0n) is 10.1. The minimum absolute atomic E-state index is 0. The zero-order valence-corrected chi connectivity index (χ0v) is 10.9. The lowest BCUT2D eigenvalue weighted by Crippen LogP contribution is -2.43. The molecule has 0 fully saturated rings. The standard InChI is InChI=1S/C12H14N2O3.ClH/c1-12(2,11(13)14-15)17-9-5-3-4-8-6-7-16-10(8)9;/h3-7,15H,1-2H3,(H2,13,14);1H. The van der Waals surface area contributed by atoms with Crippen LogP contribution in [0.5, 0.6) is 5.75 Å². The molecular formula is C12H15ClN2O3. The first-order valence-electron chi connectivity index (χ1n) is 5.18. The topological polar surface area (TPSA) is 81.0 Å². The van der Waals surface area contributed by atoms with Crippen molar-refractivity contribution in [1.82, 2.24) is 0 Å². The Bertz CT molecular complexity index is 563. The number of nitrogens with two attached hydrogens (primary N) is 1. The van der Waals surface area contributed by atoms with E-state index in [1.807, 2.05) is 18.2 Å². The summed E-state index contributed by atoms with van der Waals surface area (Å²) in [6, 6.07) is 7.40. The lowest BCUT2D eigenvalue weighted by Gasteiger charge is -2.24. The minimum Gasteiger partial charge on any atom is -0.476 e. The van der Waals surface area contributed by atoms with Crippen LogP contribution in [0.2, 0.25) is 0 Å². The van der Waals surface area contributed by atoms with Crippen molar-refractivity contribution in [2.45, 2.75) is 19.4 Å². The molecule has 0 aliphatic heterocycles. The molecule has 0 spiro atoms. The van der Waals surface area contributed by atoms with Gasteiger partial charge in [0.1, 0.15) is 0 Å². The van der Waals surface area contributed by atoms with Crippen LogP contribution in [-0.4, -0.2) is 16.6 Å². The van der Waals surface area contributed by atoms with Crippen LogP contribution in [0.1, 0.15) is 13.8 Å². The first-order valence-corrected chi connectivity index (χ1v) is 5.18. The number of nitrogens with zero attached hydrogens (tertiary/aromatic N) is 1. The molecule has 0 unspecified atom stereocenters. The van der Waals surface area contributed by atoms with Gasteiger partial charge in [-0.3, -0.25) is 0 Å². The van der Waals surface area contributed by atoms with Gasteiger partial charge in [-0.2, -0.15) is 0 Å². The third-order valence-electron chi connectivity index (χ3n) is 2.53. The summed E-state index contributed by atoms with van der Waals surface area (Å²) in [6.07, 6.45) is 1.59. The van der Waals surface area contributed by atoms with Crippen LogP contribution < -0.4 is 10.5 Å². The van der Waals surface area contributed by atoms with E-state index in [9.17, 15) is 0 Å². The molecule has 0 aliphatic rings. The number of para-hydroxylation sites is 1. The molecule has 0 saturated carbocycles. The lowest BCUT2D eigenvalue weighted by atomic mass is 10.1. The molecule has 1 aromatic carbocycles. The van der Waals surface area contributed by atoms with Crippen LogP contribution >= 0.6 is 12.4 Å². The van der Waals surface area contributed by atoms with E-state index in [1.54, 1.807) is 26.2 Å². The van der Waals surface area contributed by atoms with E-state index < -0.39 is 5.60 Å². The molecule has 6 heteroatoms. The largest absolute Gasteiger partial charge is 0.476 e. The van der Waals surface area contributed by atoms with Crippen molar-refractivity contribution in [2.24, 2.45) is 10.9 Å². The van der Waals surface area contributed by atoms with Gasteiger partial charge >= 0.3 is 0 Å². The second-order valence-corrected chi connectivity index (χ2v) is 4.19. The number of hydrogen-bond acceptors (Lipinski definition) is 4. The van der Waals surface area contributed by atoms with Crippen molar-refractivity contribution in [3.63, 3.8) is 0 Å². The minimum atomic E-state index is -0.907. The van der Waals surface area contributed by atoms with Gasteiger partial charge in [0.2, 0.25) is 0 Å². The Morgan fingerprint density at radius 2 is 2.11 bits per heavy atom. The monoisotopic (exact) mass is 270 g/mol. The Morgan fingerprint density at radius 3 is 2.78 bits per heavy atom. The summed E-state index contributed by atoms with van der Waals surface area (Å²) in [5.74, 6) is 0.560. The van der Waals surface area contributed by atoms with Gasteiger partial charge in [-0.15, -0.1) is 12.4 Å². The predicted octanol–water partition coefficient (Wildman–Crippen LogP) is 2.76. The molecule has 2 aromatic rings. The molecule has 2 rings (SSSR count). The molecule has 1 heterocycles. The number of benzene rings is 1. The number of halogens is 1. The fourth-order valence-corrected chi connectivity index (χ4v) is 1.49. The highest BCUT2D eigenvalue weighted by Gasteiger charge is 2.27. The van der Waals surface area contributed by atoms with E-state index in [0.717, 1.165) is 5.39 Å². The Hall–Kier alpha value is -1.88. The van der Waals surface area contributed by atoms with Crippen LogP contribution in [0.3, 0.4) is 0 Å². The van der Waals surface area contributed by atoms with Crippen LogP contribution in [0.4, 0.5) is 0 Å². The van der Waals surface area contributed by atoms with Crippen molar-refractivity contribution in [3.8, 4) is 5.75 Å². The van der Waals surface area contributed by atoms with Gasteiger partial charge in [0.05, 0.1) is 6.26 Å². The van der Waals surface area contributed by atoms with Crippen molar-refractivity contribution in [1.29, 1.82) is 0 Å². The molecule has 18 heavy (non-hydrogen) atoms. The summed E-state index contributed by atoms with van der Waals surface area (Å²) >= 11 is 0. The number of hydrogen-bond donors (Lipinski definition) is 2. The summed E-state index contributed by atoms with van der Waals surface area (Å²) < 4.78 is 11.1. The second kappa shape index (κ2) is 5.18. The molecule has 5 nitrogen and oxygen atoms in total. The second-order valence-electron chi connectivity index (χ2n) is 4.19. The highest BCUT2D eigenvalue weighted by molar-refractivity contribution is 5.89. The van der Waals surface area contributed by atoms with Gasteiger partial charge in [0.25, 0.3) is 0 Å². The number of fused-ring (bicyclic) bond motifs is 1. The predicted molar refractivity (Wildman–Crippen MR) is 71.6 cm³/mol. The lowest BCUT2D eigenvalue weighted by molar-refractivity contribution is 0.173. The number of oxime groups is 1. The Balaban J connectivity index is 0.00000162. The summed E-state index contributed by atoms with van der Waals surface area (Å²) in [5, 5.41) is 12.6. The van der Waals surface area contributed by atoms with Crippen LogP contribution in [0, 0.1) is 0 Å². The maximum absolute atomic E-state index is 8.68. The summed E-state index contributed by atoms with van der Waals surface area (Å²) in [4.78, 5) is 0. The molecule has 0 bridgehead atoms. The maximum Gasteiger partial charge on any atom is 0.182 e. The van der Waals surface area contributed by atoms with Crippen molar-refractivity contribution < 1.29 is 14.4 Å². The molecule has 0 atom stereocenters.